The Balaban J connectivity index is 1.22. The van der Waals surface area contributed by atoms with Gasteiger partial charge >= 0.3 is 5.97 Å². The zero-order chi connectivity index (χ0) is 26.2. The third kappa shape index (κ3) is 15.9. The molecule has 2 aromatic carbocycles. The summed E-state index contributed by atoms with van der Waals surface area (Å²) in [7, 11) is 0. The Hall–Kier alpha value is -2.73. The van der Waals surface area contributed by atoms with Gasteiger partial charge in [-0.3, -0.25) is 0 Å². The van der Waals surface area contributed by atoms with Gasteiger partial charge in [0.1, 0.15) is 19.0 Å². The molecule has 0 atom stereocenters. The Kier molecular flexibility index (Phi) is 17.6. The molecule has 0 spiro atoms. The lowest BCUT2D eigenvalue weighted by atomic mass is 10.2. The van der Waals surface area contributed by atoms with Gasteiger partial charge in [-0.25, -0.2) is 4.79 Å². The van der Waals surface area contributed by atoms with Crippen molar-refractivity contribution < 1.29 is 42.7 Å². The van der Waals surface area contributed by atoms with E-state index in [0.717, 1.165) is 0 Å². The Morgan fingerprint density at radius 2 is 0.919 bits per heavy atom. The minimum atomic E-state index is -0.354. The number of hydrogen-bond acceptors (Lipinski definition) is 10. The molecule has 10 nitrogen and oxygen atoms in total. The number of para-hydroxylation sites is 2. The summed E-state index contributed by atoms with van der Waals surface area (Å²) in [5.41, 5.74) is 6.94. The van der Waals surface area contributed by atoms with Crippen LogP contribution in [0.1, 0.15) is 10.4 Å². The molecule has 0 fully saturated rings. The van der Waals surface area contributed by atoms with Crippen molar-refractivity contribution in [1.82, 2.24) is 0 Å². The van der Waals surface area contributed by atoms with Crippen molar-refractivity contribution in [3.8, 4) is 5.75 Å². The molecule has 0 aliphatic heterocycles. The molecule has 0 amide bonds. The summed E-state index contributed by atoms with van der Waals surface area (Å²) in [5.74, 6) is 0.311. The highest BCUT2D eigenvalue weighted by Gasteiger charge is 2.05. The fraction of sp³-hybridized carbons (Fsp3) is 0.519. The number of esters is 1. The number of nitrogen functional groups attached to an aromatic ring is 1. The number of rotatable bonds is 23. The Bertz CT molecular complexity index is 823. The number of carbonyl (C=O) groups is 1. The van der Waals surface area contributed by atoms with E-state index in [2.05, 4.69) is 0 Å². The second-order valence-corrected chi connectivity index (χ2v) is 7.56. The molecule has 37 heavy (non-hydrogen) atoms. The highest BCUT2D eigenvalue weighted by atomic mass is 16.6. The Morgan fingerprint density at radius 1 is 0.514 bits per heavy atom. The molecule has 0 saturated heterocycles. The van der Waals surface area contributed by atoms with E-state index in [4.69, 9.17) is 43.6 Å². The molecule has 0 bridgehead atoms. The lowest BCUT2D eigenvalue weighted by Gasteiger charge is -2.09. The number of carbonyl (C=O) groups excluding carboxylic acids is 1. The first-order valence-corrected chi connectivity index (χ1v) is 12.4. The van der Waals surface area contributed by atoms with Gasteiger partial charge in [0, 0.05) is 0 Å². The van der Waals surface area contributed by atoms with Crippen LogP contribution in [0.5, 0.6) is 5.75 Å². The minimum Gasteiger partial charge on any atom is -0.489 e. The highest BCUT2D eigenvalue weighted by molar-refractivity contribution is 5.89. The third-order valence-electron chi connectivity index (χ3n) is 4.73. The number of benzene rings is 2. The minimum absolute atomic E-state index is 0.205. The average molecular weight is 522 g/mol. The maximum Gasteiger partial charge on any atom is 0.338 e. The fourth-order valence-corrected chi connectivity index (χ4v) is 2.88. The zero-order valence-electron chi connectivity index (χ0n) is 21.3. The standard InChI is InChI=1S/C27H39NO9/c28-25-8-4-5-9-26(25)36-22-20-34-18-16-32-14-12-30-10-11-31-13-15-33-17-19-35-21-23-37-27(29)24-6-2-1-3-7-24/h1-9H,10-23,28H2. The van der Waals surface area contributed by atoms with E-state index >= 15 is 0 Å². The molecule has 0 aliphatic rings. The van der Waals surface area contributed by atoms with E-state index < -0.39 is 0 Å². The SMILES string of the molecule is Nc1ccccc1OCCOCCOCCOCCOCCOCCOCCOC(=O)c1ccccc1. The van der Waals surface area contributed by atoms with Crippen LogP contribution in [0.2, 0.25) is 0 Å². The van der Waals surface area contributed by atoms with Gasteiger partial charge in [-0.15, -0.1) is 0 Å². The molecule has 2 rings (SSSR count). The van der Waals surface area contributed by atoms with Crippen LogP contribution in [0.3, 0.4) is 0 Å². The highest BCUT2D eigenvalue weighted by Crippen LogP contribution is 2.19. The van der Waals surface area contributed by atoms with Crippen molar-refractivity contribution in [1.29, 1.82) is 0 Å². The maximum atomic E-state index is 11.7. The van der Waals surface area contributed by atoms with Gasteiger partial charge in [-0.1, -0.05) is 30.3 Å². The van der Waals surface area contributed by atoms with E-state index in [1.165, 1.54) is 0 Å². The molecule has 0 radical (unpaired) electrons. The van der Waals surface area contributed by atoms with Gasteiger partial charge in [0.05, 0.1) is 90.5 Å². The van der Waals surface area contributed by atoms with Crippen molar-refractivity contribution in [2.45, 2.75) is 0 Å². The first-order chi connectivity index (χ1) is 18.3. The molecule has 0 saturated carbocycles. The van der Waals surface area contributed by atoms with Gasteiger partial charge in [-0.2, -0.15) is 0 Å². The van der Waals surface area contributed by atoms with Crippen molar-refractivity contribution >= 4 is 11.7 Å². The van der Waals surface area contributed by atoms with Crippen LogP contribution in [0.15, 0.2) is 54.6 Å². The molecule has 0 unspecified atom stereocenters. The summed E-state index contributed by atoms with van der Waals surface area (Å²) in [5, 5.41) is 0. The topological polar surface area (TPSA) is 117 Å². The van der Waals surface area contributed by atoms with Crippen LogP contribution >= 0.6 is 0 Å². The van der Waals surface area contributed by atoms with Crippen LogP contribution in [0.4, 0.5) is 5.69 Å². The molecule has 0 aliphatic carbocycles. The second-order valence-electron chi connectivity index (χ2n) is 7.56. The quantitative estimate of drug-likeness (QED) is 0.133. The first-order valence-electron chi connectivity index (χ1n) is 12.4. The zero-order valence-corrected chi connectivity index (χ0v) is 21.3. The Morgan fingerprint density at radius 3 is 1.41 bits per heavy atom. The van der Waals surface area contributed by atoms with Gasteiger partial charge in [0.2, 0.25) is 0 Å². The van der Waals surface area contributed by atoms with E-state index in [-0.39, 0.29) is 12.6 Å². The van der Waals surface area contributed by atoms with E-state index in [1.54, 1.807) is 30.3 Å². The fourth-order valence-electron chi connectivity index (χ4n) is 2.88. The molecule has 206 valence electrons. The van der Waals surface area contributed by atoms with E-state index in [1.807, 2.05) is 24.3 Å². The van der Waals surface area contributed by atoms with Gasteiger partial charge in [-0.05, 0) is 24.3 Å². The van der Waals surface area contributed by atoms with Gasteiger partial charge in [0.15, 0.2) is 0 Å². The van der Waals surface area contributed by atoms with Gasteiger partial charge in [0.25, 0.3) is 0 Å². The molecule has 2 N–H and O–H groups in total. The van der Waals surface area contributed by atoms with Crippen LogP contribution in [-0.4, -0.2) is 98.5 Å². The largest absolute Gasteiger partial charge is 0.489 e. The van der Waals surface area contributed by atoms with Crippen molar-refractivity contribution in [3.63, 3.8) is 0 Å². The second kappa shape index (κ2) is 21.4. The summed E-state index contributed by atoms with van der Waals surface area (Å²) in [6, 6.07) is 16.2. The number of hydrogen-bond donors (Lipinski definition) is 1. The number of nitrogens with two attached hydrogens (primary N) is 1. The first kappa shape index (κ1) is 30.5. The molecule has 0 heterocycles. The maximum absolute atomic E-state index is 11.7. The van der Waals surface area contributed by atoms with Crippen LogP contribution in [-0.2, 0) is 33.2 Å². The third-order valence-corrected chi connectivity index (χ3v) is 4.73. The predicted octanol–water partition coefficient (Wildman–Crippen LogP) is 2.60. The summed E-state index contributed by atoms with van der Waals surface area (Å²) in [6.45, 7) is 6.20. The van der Waals surface area contributed by atoms with Crippen molar-refractivity contribution in [2.75, 3.05) is 98.2 Å². The normalized spacial score (nSPS) is 10.9. The van der Waals surface area contributed by atoms with Crippen molar-refractivity contribution in [2.24, 2.45) is 0 Å². The molecular formula is C27H39NO9. The Labute approximate surface area is 218 Å². The monoisotopic (exact) mass is 521 g/mol. The number of anilines is 1. The predicted molar refractivity (Wildman–Crippen MR) is 138 cm³/mol. The van der Waals surface area contributed by atoms with Gasteiger partial charge < -0.3 is 43.6 Å². The lowest BCUT2D eigenvalue weighted by Crippen LogP contribution is -2.15. The molecular weight excluding hydrogens is 482 g/mol. The van der Waals surface area contributed by atoms with Crippen LogP contribution in [0, 0.1) is 0 Å². The molecule has 10 heteroatoms. The molecule has 2 aromatic rings. The van der Waals surface area contributed by atoms with Crippen molar-refractivity contribution in [3.05, 3.63) is 60.2 Å². The molecule has 0 aromatic heterocycles. The smallest absolute Gasteiger partial charge is 0.338 e. The van der Waals surface area contributed by atoms with E-state index in [0.29, 0.717) is 103 Å². The summed E-state index contributed by atoms with van der Waals surface area (Å²) < 4.78 is 43.3. The summed E-state index contributed by atoms with van der Waals surface area (Å²) in [6.07, 6.45) is 0. The lowest BCUT2D eigenvalue weighted by molar-refractivity contribution is -0.0201. The van der Waals surface area contributed by atoms with Crippen LogP contribution in [0.25, 0.3) is 0 Å². The summed E-state index contributed by atoms with van der Waals surface area (Å²) in [4.78, 5) is 11.7. The van der Waals surface area contributed by atoms with Crippen LogP contribution < -0.4 is 10.5 Å². The average Bonchev–Trinajstić information content (AvgIpc) is 2.92. The summed E-state index contributed by atoms with van der Waals surface area (Å²) >= 11 is 0. The number of ether oxygens (including phenoxy) is 8. The van der Waals surface area contributed by atoms with E-state index in [9.17, 15) is 4.79 Å².